The van der Waals surface area contributed by atoms with Crippen molar-refractivity contribution in [2.24, 2.45) is 9.98 Å². The predicted octanol–water partition coefficient (Wildman–Crippen LogP) is 4.03. The first kappa shape index (κ1) is 20.1. The van der Waals surface area contributed by atoms with Crippen LogP contribution in [0.4, 0.5) is 11.4 Å². The third-order valence-electron chi connectivity index (χ3n) is 7.03. The van der Waals surface area contributed by atoms with Crippen LogP contribution in [0.5, 0.6) is 0 Å². The van der Waals surface area contributed by atoms with Crippen LogP contribution in [0.15, 0.2) is 82.4 Å². The lowest BCUT2D eigenvalue weighted by Gasteiger charge is -2.38. The summed E-state index contributed by atoms with van der Waals surface area (Å²) < 4.78 is 0. The molecule has 166 valence electrons. The van der Waals surface area contributed by atoms with E-state index in [2.05, 4.69) is 75.4 Å². The van der Waals surface area contributed by atoms with Crippen LogP contribution in [0.1, 0.15) is 28.8 Å². The Kier molecular flexibility index (Phi) is 4.95. The number of benzene rings is 2. The molecule has 0 bridgehead atoms. The van der Waals surface area contributed by atoms with Crippen molar-refractivity contribution in [1.29, 1.82) is 0 Å². The maximum Gasteiger partial charge on any atom is 0.185 e. The molecule has 0 spiro atoms. The minimum absolute atomic E-state index is 0.0626. The highest BCUT2D eigenvalue weighted by Crippen LogP contribution is 2.34. The van der Waals surface area contributed by atoms with E-state index in [-0.39, 0.29) is 12.3 Å². The summed E-state index contributed by atoms with van der Waals surface area (Å²) >= 11 is 0. The highest BCUT2D eigenvalue weighted by Gasteiger charge is 2.33. The Bertz CT molecular complexity index is 1220. The van der Waals surface area contributed by atoms with Gasteiger partial charge in [-0.1, -0.05) is 36.4 Å². The molecular weight excluding hydrogens is 410 g/mol. The molecule has 33 heavy (non-hydrogen) atoms. The summed E-state index contributed by atoms with van der Waals surface area (Å²) in [4.78, 5) is 28.8. The summed E-state index contributed by atoms with van der Waals surface area (Å²) in [6.07, 6.45) is 8.68. The van der Waals surface area contributed by atoms with Crippen LogP contribution in [-0.2, 0) is 0 Å². The van der Waals surface area contributed by atoms with Crippen molar-refractivity contribution in [3.05, 3.63) is 83.6 Å². The number of hydrogen-bond donors (Lipinski definition) is 0. The molecule has 0 aliphatic carbocycles. The minimum Gasteiger partial charge on any atom is -0.371 e. The van der Waals surface area contributed by atoms with Crippen LogP contribution < -0.4 is 4.90 Å². The Balaban J connectivity index is 1.17. The van der Waals surface area contributed by atoms with E-state index >= 15 is 0 Å². The molecule has 6 heteroatoms. The standard InChI is InChI=1S/C27H27N5O/c1-30(20-12-14-31(15-13-20)21-6-3-2-4-7-21)17-19-10-11-25-29-23-9-5-8-22-24(33)16-28-27(26(22)23)32(25)18-19/h2-11,18,20H,12-17H2,1H3. The van der Waals surface area contributed by atoms with Gasteiger partial charge in [0.15, 0.2) is 5.78 Å². The molecule has 6 rings (SSSR count). The molecule has 0 aromatic heterocycles. The molecule has 0 atom stereocenters. The van der Waals surface area contributed by atoms with Crippen LogP contribution in [0.2, 0.25) is 0 Å². The third-order valence-corrected chi connectivity index (χ3v) is 7.03. The van der Waals surface area contributed by atoms with E-state index in [1.54, 1.807) is 0 Å². The second kappa shape index (κ2) is 8.12. The minimum atomic E-state index is 0.0626. The first-order valence-electron chi connectivity index (χ1n) is 11.7. The van der Waals surface area contributed by atoms with Gasteiger partial charge in [-0.2, -0.15) is 0 Å². The van der Waals surface area contributed by atoms with E-state index in [0.717, 1.165) is 61.0 Å². The van der Waals surface area contributed by atoms with Crippen molar-refractivity contribution in [2.75, 3.05) is 38.1 Å². The zero-order valence-electron chi connectivity index (χ0n) is 18.8. The highest BCUT2D eigenvalue weighted by molar-refractivity contribution is 6.25. The SMILES string of the molecule is CN(CC1=CN2C(=Nc3cccc4c3C2=NCC4=O)C=C1)C1CCN(c2ccccc2)CC1. The fourth-order valence-electron chi connectivity index (χ4n) is 5.24. The van der Waals surface area contributed by atoms with Gasteiger partial charge in [0.1, 0.15) is 18.2 Å². The number of rotatable bonds is 4. The Morgan fingerprint density at radius 1 is 1.03 bits per heavy atom. The normalized spacial score (nSPS) is 19.7. The van der Waals surface area contributed by atoms with Gasteiger partial charge in [0.2, 0.25) is 0 Å². The van der Waals surface area contributed by atoms with Gasteiger partial charge < -0.3 is 4.90 Å². The zero-order chi connectivity index (χ0) is 22.4. The molecular formula is C27H27N5O. The van der Waals surface area contributed by atoms with Crippen molar-refractivity contribution in [3.8, 4) is 0 Å². The number of carbonyl (C=O) groups is 1. The summed E-state index contributed by atoms with van der Waals surface area (Å²) in [5, 5.41) is 0. The molecule has 1 saturated heterocycles. The first-order chi connectivity index (χ1) is 16.2. The molecule has 2 aromatic carbocycles. The van der Waals surface area contributed by atoms with Gasteiger partial charge in [-0.15, -0.1) is 0 Å². The molecule has 0 N–H and O–H groups in total. The van der Waals surface area contributed by atoms with Crippen LogP contribution in [0.3, 0.4) is 0 Å². The van der Waals surface area contributed by atoms with E-state index in [4.69, 9.17) is 4.99 Å². The molecule has 4 heterocycles. The van der Waals surface area contributed by atoms with Gasteiger partial charge in [-0.05, 0) is 49.7 Å². The summed E-state index contributed by atoms with van der Waals surface area (Å²) in [5.74, 6) is 1.76. The fourth-order valence-corrected chi connectivity index (χ4v) is 5.24. The number of carbonyl (C=O) groups excluding carboxylic acids is 1. The summed E-state index contributed by atoms with van der Waals surface area (Å²) in [7, 11) is 2.22. The second-order valence-corrected chi connectivity index (χ2v) is 9.11. The third kappa shape index (κ3) is 3.60. The van der Waals surface area contributed by atoms with Crippen LogP contribution in [0, 0.1) is 0 Å². The van der Waals surface area contributed by atoms with Gasteiger partial charge in [-0.3, -0.25) is 19.6 Å². The number of hydrogen-bond acceptors (Lipinski definition) is 6. The van der Waals surface area contributed by atoms with Crippen LogP contribution in [0.25, 0.3) is 0 Å². The summed E-state index contributed by atoms with van der Waals surface area (Å²) in [6, 6.07) is 17.0. The molecule has 2 aromatic rings. The van der Waals surface area contributed by atoms with E-state index in [9.17, 15) is 4.79 Å². The first-order valence-corrected chi connectivity index (χ1v) is 11.7. The lowest BCUT2D eigenvalue weighted by molar-refractivity contribution is 0.0999. The number of fused-ring (bicyclic) bond motifs is 2. The van der Waals surface area contributed by atoms with Crippen LogP contribution in [-0.4, -0.2) is 66.5 Å². The molecule has 1 fully saturated rings. The Hall–Kier alpha value is -3.51. The lowest BCUT2D eigenvalue weighted by Crippen LogP contribution is -2.44. The maximum absolute atomic E-state index is 12.4. The number of piperidine rings is 1. The molecule has 6 nitrogen and oxygen atoms in total. The van der Waals surface area contributed by atoms with Gasteiger partial charge in [0, 0.05) is 43.1 Å². The number of amidine groups is 2. The zero-order valence-corrected chi connectivity index (χ0v) is 18.8. The summed E-state index contributed by atoms with van der Waals surface area (Å²) in [5.41, 5.74) is 4.97. The number of Topliss-reactive ketones (excluding diaryl/α,β-unsaturated/α-hetero) is 1. The van der Waals surface area contributed by atoms with Crippen molar-refractivity contribution >= 4 is 28.8 Å². The number of nitrogens with zero attached hydrogens (tertiary/aromatic N) is 5. The van der Waals surface area contributed by atoms with Gasteiger partial charge in [0.25, 0.3) is 0 Å². The highest BCUT2D eigenvalue weighted by atomic mass is 16.1. The van der Waals surface area contributed by atoms with Crippen molar-refractivity contribution in [3.63, 3.8) is 0 Å². The average Bonchev–Trinajstić information content (AvgIpc) is 2.86. The second-order valence-electron chi connectivity index (χ2n) is 9.11. The van der Waals surface area contributed by atoms with E-state index in [1.807, 2.05) is 18.2 Å². The molecule has 0 amide bonds. The monoisotopic (exact) mass is 437 g/mol. The summed E-state index contributed by atoms with van der Waals surface area (Å²) in [6.45, 7) is 3.24. The number of para-hydroxylation sites is 1. The number of aliphatic imine (C=N–C) groups is 2. The Labute approximate surface area is 194 Å². The van der Waals surface area contributed by atoms with Gasteiger partial charge in [-0.25, -0.2) is 4.99 Å². The largest absolute Gasteiger partial charge is 0.371 e. The number of ketones is 1. The average molecular weight is 438 g/mol. The quantitative estimate of drug-likeness (QED) is 0.725. The van der Waals surface area contributed by atoms with Crippen LogP contribution >= 0.6 is 0 Å². The maximum atomic E-state index is 12.4. The topological polar surface area (TPSA) is 51.5 Å². The van der Waals surface area contributed by atoms with Gasteiger partial charge in [0.05, 0.1) is 11.3 Å². The fraction of sp³-hybridized carbons (Fsp3) is 0.296. The Morgan fingerprint density at radius 3 is 2.67 bits per heavy atom. The predicted molar refractivity (Wildman–Crippen MR) is 133 cm³/mol. The number of likely N-dealkylation sites (N-methyl/N-ethyl adjacent to an activating group) is 1. The van der Waals surface area contributed by atoms with Crippen molar-refractivity contribution in [2.45, 2.75) is 18.9 Å². The number of anilines is 1. The lowest BCUT2D eigenvalue weighted by atomic mass is 9.95. The molecule has 4 aliphatic rings. The van der Waals surface area contributed by atoms with E-state index in [1.165, 1.54) is 11.3 Å². The van der Waals surface area contributed by atoms with Crippen molar-refractivity contribution in [1.82, 2.24) is 9.80 Å². The molecule has 0 unspecified atom stereocenters. The smallest absolute Gasteiger partial charge is 0.185 e. The van der Waals surface area contributed by atoms with E-state index in [0.29, 0.717) is 6.04 Å². The van der Waals surface area contributed by atoms with Crippen molar-refractivity contribution < 1.29 is 4.79 Å². The van der Waals surface area contributed by atoms with E-state index < -0.39 is 0 Å². The Morgan fingerprint density at radius 2 is 1.85 bits per heavy atom. The van der Waals surface area contributed by atoms with Gasteiger partial charge >= 0.3 is 0 Å². The molecule has 4 aliphatic heterocycles. The molecule has 0 radical (unpaired) electrons. The molecule has 0 saturated carbocycles.